The minimum Gasteiger partial charge on any atom is -0.478 e. The quantitative estimate of drug-likeness (QED) is 0.439. The molecule has 0 aliphatic rings. The number of esters is 1. The Morgan fingerprint density at radius 2 is 2.00 bits per heavy atom. The molecule has 0 fully saturated rings. The predicted octanol–water partition coefficient (Wildman–Crippen LogP) is 3.71. The second kappa shape index (κ2) is 9.03. The molecule has 154 valence electrons. The summed E-state index contributed by atoms with van der Waals surface area (Å²) in [7, 11) is 1.84. The molecule has 0 atom stereocenters. The normalized spacial score (nSPS) is 10.7. The van der Waals surface area contributed by atoms with E-state index in [-0.39, 0.29) is 24.3 Å². The summed E-state index contributed by atoms with van der Waals surface area (Å²) in [6.07, 6.45) is 0. The lowest BCUT2D eigenvalue weighted by Crippen LogP contribution is -2.08. The van der Waals surface area contributed by atoms with E-state index in [1.165, 1.54) is 23.9 Å². The number of carbonyl (C=O) groups excluding carboxylic acids is 1. The average molecular weight is 424 g/mol. The fraction of sp³-hybridized carbons (Fsp3) is 0.227. The Labute approximate surface area is 177 Å². The van der Waals surface area contributed by atoms with Crippen molar-refractivity contribution in [3.63, 3.8) is 0 Å². The molecule has 0 amide bonds. The van der Waals surface area contributed by atoms with Gasteiger partial charge in [-0.2, -0.15) is 5.26 Å². The number of carboxylic acids is 1. The second-order valence-corrected chi connectivity index (χ2v) is 7.61. The van der Waals surface area contributed by atoms with Gasteiger partial charge in [0.1, 0.15) is 0 Å². The highest BCUT2D eigenvalue weighted by molar-refractivity contribution is 7.98. The van der Waals surface area contributed by atoms with Crippen molar-refractivity contribution < 1.29 is 24.5 Å². The van der Waals surface area contributed by atoms with E-state index in [0.29, 0.717) is 32.9 Å². The lowest BCUT2D eigenvalue weighted by Gasteiger charge is -2.09. The van der Waals surface area contributed by atoms with Gasteiger partial charge in [0.15, 0.2) is 0 Å². The van der Waals surface area contributed by atoms with Crippen LogP contribution in [0.2, 0.25) is 0 Å². The molecule has 3 aromatic rings. The molecule has 0 saturated carbocycles. The third-order valence-electron chi connectivity index (χ3n) is 4.71. The minimum absolute atomic E-state index is 0.0341. The van der Waals surface area contributed by atoms with Gasteiger partial charge in [0.05, 0.1) is 36.0 Å². The maximum Gasteiger partial charge on any atom is 0.340 e. The van der Waals surface area contributed by atoms with Crippen LogP contribution in [0.4, 0.5) is 0 Å². The molecular weight excluding hydrogens is 404 g/mol. The van der Waals surface area contributed by atoms with Crippen molar-refractivity contribution in [2.75, 3.05) is 6.61 Å². The van der Waals surface area contributed by atoms with Gasteiger partial charge in [0.25, 0.3) is 0 Å². The lowest BCUT2D eigenvalue weighted by atomic mass is 10.1. The molecule has 0 unspecified atom stereocenters. The van der Waals surface area contributed by atoms with Crippen LogP contribution in [0.25, 0.3) is 10.9 Å². The number of aliphatic hydroxyl groups excluding tert-OH is 1. The molecule has 2 N–H and O–H groups in total. The van der Waals surface area contributed by atoms with E-state index in [9.17, 15) is 25.1 Å². The highest BCUT2D eigenvalue weighted by Gasteiger charge is 2.23. The van der Waals surface area contributed by atoms with Crippen LogP contribution in [-0.2, 0) is 24.1 Å². The first-order valence-corrected chi connectivity index (χ1v) is 10.2. The molecule has 1 heterocycles. The van der Waals surface area contributed by atoms with Gasteiger partial charge in [-0.3, -0.25) is 0 Å². The number of carbonyl (C=O) groups is 2. The van der Waals surface area contributed by atoms with Crippen LogP contribution in [0.1, 0.15) is 44.5 Å². The SMILES string of the molecule is CCOC(=O)c1c(CSc2cc(C#N)cc(C(=O)O)c2)n(C)c2ccc(CO)cc12. The maximum absolute atomic E-state index is 12.7. The Morgan fingerprint density at radius 1 is 1.23 bits per heavy atom. The number of nitrogens with zero attached hydrogens (tertiary/aromatic N) is 2. The van der Waals surface area contributed by atoms with Gasteiger partial charge in [-0.25, -0.2) is 9.59 Å². The van der Waals surface area contributed by atoms with E-state index in [2.05, 4.69) is 0 Å². The second-order valence-electron chi connectivity index (χ2n) is 6.56. The van der Waals surface area contributed by atoms with Crippen molar-refractivity contribution in [1.29, 1.82) is 5.26 Å². The number of carboxylic acid groups (broad SMARTS) is 1. The van der Waals surface area contributed by atoms with Crippen LogP contribution in [0, 0.1) is 11.3 Å². The van der Waals surface area contributed by atoms with Crippen molar-refractivity contribution >= 4 is 34.6 Å². The number of hydrogen-bond acceptors (Lipinski definition) is 6. The smallest absolute Gasteiger partial charge is 0.340 e. The topological polar surface area (TPSA) is 113 Å². The average Bonchev–Trinajstić information content (AvgIpc) is 3.03. The predicted molar refractivity (Wildman–Crippen MR) is 112 cm³/mol. The maximum atomic E-state index is 12.7. The monoisotopic (exact) mass is 424 g/mol. The Kier molecular flexibility index (Phi) is 6.45. The molecule has 0 aliphatic carbocycles. The zero-order valence-electron chi connectivity index (χ0n) is 16.5. The summed E-state index contributed by atoms with van der Waals surface area (Å²) in [5, 5.41) is 28.6. The van der Waals surface area contributed by atoms with Crippen LogP contribution in [-0.4, -0.2) is 33.3 Å². The van der Waals surface area contributed by atoms with Gasteiger partial charge in [-0.15, -0.1) is 11.8 Å². The highest BCUT2D eigenvalue weighted by Crippen LogP contribution is 2.33. The van der Waals surface area contributed by atoms with Crippen LogP contribution in [0.5, 0.6) is 0 Å². The third-order valence-corrected chi connectivity index (χ3v) is 5.69. The van der Waals surface area contributed by atoms with Crippen LogP contribution in [0.3, 0.4) is 0 Å². The van der Waals surface area contributed by atoms with Crippen LogP contribution in [0.15, 0.2) is 41.3 Å². The number of aliphatic hydroxyl groups is 1. The molecular formula is C22H20N2O5S. The summed E-state index contributed by atoms with van der Waals surface area (Å²) in [5.74, 6) is -1.20. The number of aryl methyl sites for hydroxylation is 1. The van der Waals surface area contributed by atoms with Gasteiger partial charge in [-0.1, -0.05) is 6.07 Å². The fourth-order valence-corrected chi connectivity index (χ4v) is 4.33. The van der Waals surface area contributed by atoms with Crippen molar-refractivity contribution in [2.24, 2.45) is 7.05 Å². The summed E-state index contributed by atoms with van der Waals surface area (Å²) in [6.45, 7) is 1.82. The molecule has 3 rings (SSSR count). The summed E-state index contributed by atoms with van der Waals surface area (Å²) in [5.41, 5.74) is 2.93. The number of rotatable bonds is 7. The van der Waals surface area contributed by atoms with Gasteiger partial charge in [0, 0.05) is 34.3 Å². The number of ether oxygens (including phenoxy) is 1. The van der Waals surface area contributed by atoms with E-state index in [4.69, 9.17) is 4.74 Å². The fourth-order valence-electron chi connectivity index (χ4n) is 3.26. The van der Waals surface area contributed by atoms with Gasteiger partial charge in [0.2, 0.25) is 0 Å². The number of fused-ring (bicyclic) bond motifs is 1. The van der Waals surface area contributed by atoms with Gasteiger partial charge in [-0.05, 0) is 42.8 Å². The Hall–Kier alpha value is -3.28. The Balaban J connectivity index is 2.06. The molecule has 2 aromatic carbocycles. The number of aromatic carboxylic acids is 1. The van der Waals surface area contributed by atoms with Crippen molar-refractivity contribution in [3.8, 4) is 6.07 Å². The Bertz CT molecular complexity index is 1180. The summed E-state index contributed by atoms with van der Waals surface area (Å²) in [6, 6.07) is 11.8. The molecule has 0 spiro atoms. The first-order valence-electron chi connectivity index (χ1n) is 9.19. The third kappa shape index (κ3) is 4.17. The number of benzene rings is 2. The molecule has 1 aromatic heterocycles. The van der Waals surface area contributed by atoms with E-state index < -0.39 is 11.9 Å². The molecule has 30 heavy (non-hydrogen) atoms. The number of aromatic nitrogens is 1. The molecule has 0 bridgehead atoms. The van der Waals surface area contributed by atoms with E-state index >= 15 is 0 Å². The van der Waals surface area contributed by atoms with Crippen molar-refractivity contribution in [3.05, 3.63) is 64.3 Å². The van der Waals surface area contributed by atoms with Gasteiger partial charge >= 0.3 is 11.9 Å². The summed E-state index contributed by atoms with van der Waals surface area (Å²) >= 11 is 1.33. The first-order chi connectivity index (χ1) is 14.4. The first kappa shape index (κ1) is 21.4. The summed E-state index contributed by atoms with van der Waals surface area (Å²) in [4.78, 5) is 24.7. The highest BCUT2D eigenvalue weighted by atomic mass is 32.2. The zero-order valence-corrected chi connectivity index (χ0v) is 17.3. The van der Waals surface area contributed by atoms with Crippen molar-refractivity contribution in [2.45, 2.75) is 24.2 Å². The number of hydrogen-bond donors (Lipinski definition) is 2. The standard InChI is InChI=1S/C22H20N2O5S/c1-3-29-22(28)20-17-8-13(11-25)4-5-18(17)24(2)19(20)12-30-16-7-14(10-23)6-15(9-16)21(26)27/h4-9,25H,3,11-12H2,1-2H3,(H,26,27). The van der Waals surface area contributed by atoms with E-state index in [1.54, 1.807) is 25.1 Å². The molecule has 7 nitrogen and oxygen atoms in total. The number of thioether (sulfide) groups is 1. The zero-order chi connectivity index (χ0) is 21.8. The molecule has 0 radical (unpaired) electrons. The van der Waals surface area contributed by atoms with Gasteiger partial charge < -0.3 is 19.5 Å². The largest absolute Gasteiger partial charge is 0.478 e. The molecule has 0 aliphatic heterocycles. The van der Waals surface area contributed by atoms with Crippen LogP contribution >= 0.6 is 11.8 Å². The number of nitriles is 1. The minimum atomic E-state index is -1.11. The lowest BCUT2D eigenvalue weighted by molar-refractivity contribution is 0.0527. The van der Waals surface area contributed by atoms with E-state index in [0.717, 1.165) is 5.52 Å². The summed E-state index contributed by atoms with van der Waals surface area (Å²) < 4.78 is 7.15. The van der Waals surface area contributed by atoms with Crippen LogP contribution < -0.4 is 0 Å². The molecule has 8 heteroatoms. The Morgan fingerprint density at radius 3 is 2.63 bits per heavy atom. The van der Waals surface area contributed by atoms with E-state index in [1.807, 2.05) is 23.8 Å². The van der Waals surface area contributed by atoms with Crippen molar-refractivity contribution in [1.82, 2.24) is 4.57 Å². The molecule has 0 saturated heterocycles.